The molecular weight excluding hydrogens is 489 g/mol. The van der Waals surface area contributed by atoms with E-state index in [0.29, 0.717) is 24.3 Å². The number of hydrogen-bond donors (Lipinski definition) is 4. The number of fused-ring (bicyclic) bond motifs is 2. The lowest BCUT2D eigenvalue weighted by Crippen LogP contribution is -2.46. The molecule has 0 aliphatic carbocycles. The zero-order chi connectivity index (χ0) is 26.6. The van der Waals surface area contributed by atoms with Crippen LogP contribution in [0.1, 0.15) is 58.1 Å². The van der Waals surface area contributed by atoms with Crippen molar-refractivity contribution >= 4 is 23.9 Å². The molecule has 4 N–H and O–H groups in total. The summed E-state index contributed by atoms with van der Waals surface area (Å²) >= 11 is 0. The lowest BCUT2D eigenvalue weighted by Gasteiger charge is -2.42. The van der Waals surface area contributed by atoms with Gasteiger partial charge in [0.1, 0.15) is 16.9 Å². The molecular formula is C24H13F3O9. The number of rotatable bonds is 5. The quantitative estimate of drug-likeness (QED) is 0.395. The summed E-state index contributed by atoms with van der Waals surface area (Å²) in [5.74, 6) is -8.53. The van der Waals surface area contributed by atoms with Crippen LogP contribution in [0, 0.1) is 0 Å². The molecule has 0 unspecified atom stereocenters. The van der Waals surface area contributed by atoms with Crippen LogP contribution in [0.2, 0.25) is 0 Å². The number of halogens is 3. The first-order chi connectivity index (χ1) is 16.8. The Morgan fingerprint density at radius 2 is 1.00 bits per heavy atom. The van der Waals surface area contributed by atoms with Crippen LogP contribution in [-0.4, -0.2) is 50.5 Å². The number of ether oxygens (including phenoxy) is 1. The highest BCUT2D eigenvalue weighted by molar-refractivity contribution is 6.04. The third kappa shape index (κ3) is 3.42. The Bertz CT molecular complexity index is 1380. The summed E-state index contributed by atoms with van der Waals surface area (Å²) in [6, 6.07) is 8.37. The Morgan fingerprint density at radius 1 is 0.639 bits per heavy atom. The first-order valence-corrected chi connectivity index (χ1v) is 9.91. The fourth-order valence-corrected chi connectivity index (χ4v) is 4.35. The van der Waals surface area contributed by atoms with Crippen LogP contribution in [0.5, 0.6) is 11.5 Å². The first kappa shape index (κ1) is 24.3. The Hall–Kier alpha value is -4.87. The third-order valence-corrected chi connectivity index (χ3v) is 5.82. The van der Waals surface area contributed by atoms with Gasteiger partial charge >= 0.3 is 30.1 Å². The van der Waals surface area contributed by atoms with Crippen LogP contribution >= 0.6 is 0 Å². The molecule has 184 valence electrons. The van der Waals surface area contributed by atoms with Crippen molar-refractivity contribution in [2.24, 2.45) is 0 Å². The molecule has 0 radical (unpaired) electrons. The molecule has 0 bridgehead atoms. The molecule has 12 heteroatoms. The van der Waals surface area contributed by atoms with E-state index in [1.807, 2.05) is 0 Å². The molecule has 3 aromatic carbocycles. The standard InChI is InChI=1S/C24H13F3O9/c25-24(26,27)23(10-4-2-1-3-5-10)15-6-11(19(28)29)13(21(32)33)8-17(15)36-18-9-14(22(34)35)12(20(30)31)7-16(18)23/h1-9H,(H,28,29)(H,30,31)(H,32,33)(H,34,35). The van der Waals surface area contributed by atoms with Gasteiger partial charge in [0.25, 0.3) is 0 Å². The van der Waals surface area contributed by atoms with Crippen molar-refractivity contribution < 1.29 is 57.5 Å². The number of benzene rings is 3. The first-order valence-electron chi connectivity index (χ1n) is 9.91. The molecule has 36 heavy (non-hydrogen) atoms. The van der Waals surface area contributed by atoms with Crippen molar-refractivity contribution in [1.82, 2.24) is 0 Å². The highest BCUT2D eigenvalue weighted by Crippen LogP contribution is 2.59. The minimum atomic E-state index is -5.28. The van der Waals surface area contributed by atoms with Gasteiger partial charge in [-0.3, -0.25) is 0 Å². The number of carboxylic acids is 4. The van der Waals surface area contributed by atoms with Gasteiger partial charge in [0.2, 0.25) is 0 Å². The van der Waals surface area contributed by atoms with E-state index < -0.39 is 85.9 Å². The van der Waals surface area contributed by atoms with Gasteiger partial charge in [0.15, 0.2) is 0 Å². The summed E-state index contributed by atoms with van der Waals surface area (Å²) in [6.07, 6.45) is -5.28. The lowest BCUT2D eigenvalue weighted by atomic mass is 9.66. The minimum absolute atomic E-state index is 0.470. The van der Waals surface area contributed by atoms with Gasteiger partial charge in [-0.05, 0) is 29.8 Å². The summed E-state index contributed by atoms with van der Waals surface area (Å²) in [6.45, 7) is 0. The molecule has 0 saturated carbocycles. The van der Waals surface area contributed by atoms with Crippen molar-refractivity contribution in [3.05, 3.63) is 93.5 Å². The number of carboxylic acid groups (broad SMARTS) is 4. The summed E-state index contributed by atoms with van der Waals surface area (Å²) in [5.41, 5.74) is -8.99. The zero-order valence-electron chi connectivity index (χ0n) is 17.7. The van der Waals surface area contributed by atoms with Gasteiger partial charge in [-0.25, -0.2) is 19.2 Å². The van der Waals surface area contributed by atoms with Crippen LogP contribution in [0.4, 0.5) is 13.2 Å². The van der Waals surface area contributed by atoms with E-state index >= 15 is 13.2 Å². The number of aromatic carboxylic acids is 4. The van der Waals surface area contributed by atoms with E-state index in [-0.39, 0.29) is 0 Å². The number of alkyl halides is 3. The van der Waals surface area contributed by atoms with Crippen molar-refractivity contribution in [1.29, 1.82) is 0 Å². The third-order valence-electron chi connectivity index (χ3n) is 5.82. The average Bonchev–Trinajstić information content (AvgIpc) is 2.80. The Balaban J connectivity index is 2.26. The van der Waals surface area contributed by atoms with E-state index in [0.717, 1.165) is 12.1 Å². The van der Waals surface area contributed by atoms with E-state index in [9.17, 15) is 39.6 Å². The molecule has 9 nitrogen and oxygen atoms in total. The fraction of sp³-hybridized carbons (Fsp3) is 0.0833. The van der Waals surface area contributed by atoms with Crippen molar-refractivity contribution in [2.45, 2.75) is 11.6 Å². The van der Waals surface area contributed by atoms with Gasteiger partial charge in [-0.15, -0.1) is 0 Å². The Morgan fingerprint density at radius 3 is 1.33 bits per heavy atom. The van der Waals surface area contributed by atoms with Crippen LogP contribution in [-0.2, 0) is 5.41 Å². The molecule has 0 atom stereocenters. The fourth-order valence-electron chi connectivity index (χ4n) is 4.35. The maximum atomic E-state index is 15.2. The second-order valence-corrected chi connectivity index (χ2v) is 7.72. The van der Waals surface area contributed by atoms with E-state index in [2.05, 4.69) is 0 Å². The second kappa shape index (κ2) is 8.12. The van der Waals surface area contributed by atoms with Crippen LogP contribution in [0.15, 0.2) is 54.6 Å². The number of carbonyl (C=O) groups is 4. The molecule has 4 rings (SSSR count). The maximum Gasteiger partial charge on any atom is 0.406 e. The molecule has 1 aliphatic heterocycles. The normalized spacial score (nSPS) is 13.6. The zero-order valence-corrected chi connectivity index (χ0v) is 17.7. The monoisotopic (exact) mass is 502 g/mol. The molecule has 0 saturated heterocycles. The average molecular weight is 502 g/mol. The molecule has 1 aliphatic rings. The Kier molecular flexibility index (Phi) is 5.47. The summed E-state index contributed by atoms with van der Waals surface area (Å²) in [5, 5.41) is 38.0. The molecule has 3 aromatic rings. The molecule has 1 heterocycles. The van der Waals surface area contributed by atoms with Gasteiger partial charge in [0, 0.05) is 11.1 Å². The molecule has 0 fully saturated rings. The van der Waals surface area contributed by atoms with E-state index in [1.54, 1.807) is 0 Å². The van der Waals surface area contributed by atoms with Crippen LogP contribution in [0.25, 0.3) is 0 Å². The maximum absolute atomic E-state index is 15.2. The largest absolute Gasteiger partial charge is 0.478 e. The van der Waals surface area contributed by atoms with Gasteiger partial charge < -0.3 is 25.2 Å². The van der Waals surface area contributed by atoms with Gasteiger partial charge in [-0.1, -0.05) is 30.3 Å². The molecule has 0 amide bonds. The van der Waals surface area contributed by atoms with Gasteiger partial charge in [-0.2, -0.15) is 13.2 Å². The Labute approximate surface area is 198 Å². The SMILES string of the molecule is O=C(O)c1cc2c(cc1C(=O)O)C(c1ccccc1)(C(F)(F)F)c1cc(C(=O)O)c(C(=O)O)cc1O2. The van der Waals surface area contributed by atoms with Gasteiger partial charge in [0.05, 0.1) is 22.3 Å². The van der Waals surface area contributed by atoms with Crippen molar-refractivity contribution in [2.75, 3.05) is 0 Å². The van der Waals surface area contributed by atoms with Crippen LogP contribution < -0.4 is 4.74 Å². The highest BCUT2D eigenvalue weighted by Gasteiger charge is 2.62. The smallest absolute Gasteiger partial charge is 0.406 e. The number of hydrogen-bond acceptors (Lipinski definition) is 5. The van der Waals surface area contributed by atoms with Crippen molar-refractivity contribution in [3.63, 3.8) is 0 Å². The molecule has 0 spiro atoms. The highest BCUT2D eigenvalue weighted by atomic mass is 19.4. The van der Waals surface area contributed by atoms with Crippen LogP contribution in [0.3, 0.4) is 0 Å². The summed E-state index contributed by atoms with van der Waals surface area (Å²) < 4.78 is 51.2. The lowest BCUT2D eigenvalue weighted by molar-refractivity contribution is -0.168. The van der Waals surface area contributed by atoms with E-state index in [1.165, 1.54) is 18.2 Å². The predicted octanol–water partition coefficient (Wildman–Crippen LogP) is 4.48. The topological polar surface area (TPSA) is 158 Å². The predicted molar refractivity (Wildman–Crippen MR) is 113 cm³/mol. The second-order valence-electron chi connectivity index (χ2n) is 7.72. The summed E-state index contributed by atoms with van der Waals surface area (Å²) in [7, 11) is 0. The van der Waals surface area contributed by atoms with E-state index in [4.69, 9.17) is 4.74 Å². The van der Waals surface area contributed by atoms with Crippen molar-refractivity contribution in [3.8, 4) is 11.5 Å². The minimum Gasteiger partial charge on any atom is -0.478 e. The molecule has 0 aromatic heterocycles. The summed E-state index contributed by atoms with van der Waals surface area (Å²) in [4.78, 5) is 46.9.